The van der Waals surface area contributed by atoms with Crippen molar-refractivity contribution < 1.29 is 9.53 Å². The summed E-state index contributed by atoms with van der Waals surface area (Å²) in [6, 6.07) is 0. The number of hydrogen-bond donors (Lipinski definition) is 0. The summed E-state index contributed by atoms with van der Waals surface area (Å²) in [5.74, 6) is 0.178. The van der Waals surface area contributed by atoms with Gasteiger partial charge in [0.2, 0.25) is 0 Å². The van der Waals surface area contributed by atoms with Crippen LogP contribution in [0.3, 0.4) is 0 Å². The van der Waals surface area contributed by atoms with Crippen molar-refractivity contribution in [2.45, 2.75) is 33.6 Å². The Morgan fingerprint density at radius 1 is 1.33 bits per heavy atom. The van der Waals surface area contributed by atoms with Crippen molar-refractivity contribution in [1.82, 2.24) is 4.40 Å². The van der Waals surface area contributed by atoms with Crippen LogP contribution in [0.2, 0.25) is 0 Å². The van der Waals surface area contributed by atoms with E-state index in [1.165, 1.54) is 18.3 Å². The van der Waals surface area contributed by atoms with E-state index in [9.17, 15) is 9.59 Å². The summed E-state index contributed by atoms with van der Waals surface area (Å²) in [6.07, 6.45) is 3.03. The van der Waals surface area contributed by atoms with Gasteiger partial charge in [-0.25, -0.2) is 0 Å². The lowest BCUT2D eigenvalue weighted by atomic mass is 10.0. The number of hydrogen-bond acceptors (Lipinski definition) is 4. The Kier molecular flexibility index (Phi) is 3.52. The number of fused-ring (bicyclic) bond motifs is 1. The van der Waals surface area contributed by atoms with Crippen molar-refractivity contribution in [3.05, 3.63) is 33.1 Å². The van der Waals surface area contributed by atoms with Crippen molar-refractivity contribution in [3.63, 3.8) is 0 Å². The first-order chi connectivity index (χ1) is 8.60. The van der Waals surface area contributed by atoms with Crippen LogP contribution in [0.15, 0.2) is 16.4 Å². The van der Waals surface area contributed by atoms with Crippen LogP contribution in [0, 0.1) is 0 Å². The topological polar surface area (TPSA) is 47.8 Å². The monoisotopic (exact) mass is 265 g/mol. The summed E-state index contributed by atoms with van der Waals surface area (Å²) < 4.78 is 6.87. The van der Waals surface area contributed by atoms with E-state index in [1.54, 1.807) is 10.6 Å². The molecule has 2 heterocycles. The Labute approximate surface area is 109 Å². The third kappa shape index (κ3) is 1.95. The van der Waals surface area contributed by atoms with Gasteiger partial charge in [0.1, 0.15) is 4.83 Å². The van der Waals surface area contributed by atoms with Crippen LogP contribution in [0.4, 0.5) is 0 Å². The molecule has 0 N–H and O–H groups in total. The van der Waals surface area contributed by atoms with E-state index < -0.39 is 0 Å². The van der Waals surface area contributed by atoms with E-state index in [0.717, 1.165) is 11.1 Å². The lowest BCUT2D eigenvalue weighted by molar-refractivity contribution is -0.131. The number of carbonyl (C=O) groups is 1. The molecule has 0 radical (unpaired) electrons. The fraction of sp³-hybridized carbons (Fsp3) is 0.385. The van der Waals surface area contributed by atoms with E-state index >= 15 is 0 Å². The second kappa shape index (κ2) is 4.94. The quantitative estimate of drug-likeness (QED) is 0.801. The number of ether oxygens (including phenoxy) is 1. The minimum absolute atomic E-state index is 0.0125. The molecular weight excluding hydrogens is 250 g/mol. The molecule has 2 rings (SSSR count). The van der Waals surface area contributed by atoms with Gasteiger partial charge in [-0.05, 0) is 12.8 Å². The lowest BCUT2D eigenvalue weighted by Gasteiger charge is -2.12. The van der Waals surface area contributed by atoms with Crippen molar-refractivity contribution in [2.75, 3.05) is 0 Å². The molecule has 0 atom stereocenters. The highest BCUT2D eigenvalue weighted by atomic mass is 32.1. The summed E-state index contributed by atoms with van der Waals surface area (Å²) in [5.41, 5.74) is 1.56. The van der Waals surface area contributed by atoms with Crippen LogP contribution >= 0.6 is 11.3 Å². The second-order valence-corrected chi connectivity index (χ2v) is 4.86. The average Bonchev–Trinajstić information content (AvgIpc) is 2.81. The molecule has 2 aromatic heterocycles. The van der Waals surface area contributed by atoms with Gasteiger partial charge < -0.3 is 4.74 Å². The maximum Gasteiger partial charge on any atom is 0.308 e. The second-order valence-electron chi connectivity index (χ2n) is 3.97. The predicted molar refractivity (Wildman–Crippen MR) is 71.6 cm³/mol. The molecule has 0 saturated carbocycles. The maximum absolute atomic E-state index is 12.3. The molecule has 0 amide bonds. The highest BCUT2D eigenvalue weighted by Crippen LogP contribution is 2.30. The first kappa shape index (κ1) is 12.8. The van der Waals surface area contributed by atoms with E-state index in [2.05, 4.69) is 0 Å². The van der Waals surface area contributed by atoms with Gasteiger partial charge in [0.15, 0.2) is 5.75 Å². The molecule has 0 saturated heterocycles. The summed E-state index contributed by atoms with van der Waals surface area (Å²) in [4.78, 5) is 24.2. The van der Waals surface area contributed by atoms with Crippen LogP contribution in [0.1, 0.15) is 31.9 Å². The Morgan fingerprint density at radius 3 is 2.56 bits per heavy atom. The van der Waals surface area contributed by atoms with Crippen LogP contribution in [0.5, 0.6) is 5.75 Å². The zero-order valence-corrected chi connectivity index (χ0v) is 11.5. The van der Waals surface area contributed by atoms with Crippen molar-refractivity contribution in [3.8, 4) is 5.75 Å². The Morgan fingerprint density at radius 2 is 2.00 bits per heavy atom. The Balaban J connectivity index is 2.86. The number of carbonyl (C=O) groups excluding carboxylic acids is 1. The van der Waals surface area contributed by atoms with Gasteiger partial charge in [-0.15, -0.1) is 11.3 Å². The molecule has 5 heteroatoms. The van der Waals surface area contributed by atoms with Gasteiger partial charge in [-0.3, -0.25) is 14.0 Å². The molecule has 18 heavy (non-hydrogen) atoms. The summed E-state index contributed by atoms with van der Waals surface area (Å²) in [7, 11) is 0. The van der Waals surface area contributed by atoms with Gasteiger partial charge in [-0.1, -0.05) is 13.8 Å². The first-order valence-electron chi connectivity index (χ1n) is 5.92. The standard InChI is InChI=1S/C13H15NO3S/c1-4-9-10(5-2)12(16)14-6-7-18-13(14)11(9)17-8(3)15/h6-7H,4-5H2,1-3H3. The Hall–Kier alpha value is -1.62. The molecule has 0 aliphatic carbocycles. The number of pyridine rings is 1. The third-order valence-electron chi connectivity index (χ3n) is 2.87. The average molecular weight is 265 g/mol. The van der Waals surface area contributed by atoms with Gasteiger partial charge >= 0.3 is 5.97 Å². The van der Waals surface area contributed by atoms with E-state index in [0.29, 0.717) is 23.4 Å². The molecule has 0 unspecified atom stereocenters. The van der Waals surface area contributed by atoms with Crippen LogP contribution in [-0.2, 0) is 17.6 Å². The fourth-order valence-corrected chi connectivity index (χ4v) is 2.97. The van der Waals surface area contributed by atoms with Gasteiger partial charge in [-0.2, -0.15) is 0 Å². The van der Waals surface area contributed by atoms with Gasteiger partial charge in [0, 0.05) is 29.6 Å². The zero-order chi connectivity index (χ0) is 13.3. The molecule has 96 valence electrons. The highest BCUT2D eigenvalue weighted by molar-refractivity contribution is 7.15. The maximum atomic E-state index is 12.3. The van der Waals surface area contributed by atoms with E-state index in [1.807, 2.05) is 19.2 Å². The van der Waals surface area contributed by atoms with E-state index in [4.69, 9.17) is 4.74 Å². The summed E-state index contributed by atoms with van der Waals surface area (Å²) in [6.45, 7) is 5.28. The number of esters is 1. The molecule has 0 spiro atoms. The van der Waals surface area contributed by atoms with Crippen LogP contribution in [0.25, 0.3) is 4.83 Å². The molecule has 0 fully saturated rings. The number of nitrogens with zero attached hydrogens (tertiary/aromatic N) is 1. The van der Waals surface area contributed by atoms with Gasteiger partial charge in [0.05, 0.1) is 0 Å². The predicted octanol–water partition coefficient (Wildman–Crippen LogP) is 2.41. The minimum atomic E-state index is -0.360. The summed E-state index contributed by atoms with van der Waals surface area (Å²) in [5, 5.41) is 1.82. The smallest absolute Gasteiger partial charge is 0.308 e. The van der Waals surface area contributed by atoms with Crippen molar-refractivity contribution in [1.29, 1.82) is 0 Å². The largest absolute Gasteiger partial charge is 0.423 e. The molecule has 2 aromatic rings. The Bertz CT molecular complexity index is 654. The lowest BCUT2D eigenvalue weighted by Crippen LogP contribution is -2.21. The van der Waals surface area contributed by atoms with Gasteiger partial charge in [0.25, 0.3) is 5.56 Å². The first-order valence-corrected chi connectivity index (χ1v) is 6.80. The molecule has 0 bridgehead atoms. The SMILES string of the molecule is CCc1c(CC)c(=O)n2ccsc2c1OC(C)=O. The molecule has 0 aliphatic heterocycles. The van der Waals surface area contributed by atoms with E-state index in [-0.39, 0.29) is 11.5 Å². The summed E-state index contributed by atoms with van der Waals surface area (Å²) >= 11 is 1.40. The van der Waals surface area contributed by atoms with Crippen molar-refractivity contribution >= 4 is 22.1 Å². The molecular formula is C13H15NO3S. The number of thiazole rings is 1. The van der Waals surface area contributed by atoms with Crippen molar-refractivity contribution in [2.24, 2.45) is 0 Å². The third-order valence-corrected chi connectivity index (χ3v) is 3.73. The zero-order valence-electron chi connectivity index (χ0n) is 10.6. The van der Waals surface area contributed by atoms with Crippen LogP contribution in [-0.4, -0.2) is 10.4 Å². The molecule has 0 aliphatic rings. The molecule has 4 nitrogen and oxygen atoms in total. The number of rotatable bonds is 3. The molecule has 0 aromatic carbocycles. The highest BCUT2D eigenvalue weighted by Gasteiger charge is 2.18. The van der Waals surface area contributed by atoms with Crippen LogP contribution < -0.4 is 10.3 Å². The number of aromatic nitrogens is 1. The minimum Gasteiger partial charge on any atom is -0.423 e. The fourth-order valence-electron chi connectivity index (χ4n) is 2.13. The normalized spacial score (nSPS) is 10.8.